The van der Waals surface area contributed by atoms with Gasteiger partial charge in [-0.25, -0.2) is 4.68 Å². The average Bonchev–Trinajstić information content (AvgIpc) is 2.99. The van der Waals surface area contributed by atoms with E-state index in [1.54, 1.807) is 10.9 Å². The molecule has 24 heavy (non-hydrogen) atoms. The van der Waals surface area contributed by atoms with Crippen LogP contribution in [0, 0.1) is 5.92 Å². The summed E-state index contributed by atoms with van der Waals surface area (Å²) in [5.41, 5.74) is 1.07. The van der Waals surface area contributed by atoms with Crippen LogP contribution in [0.4, 0.5) is 0 Å². The van der Waals surface area contributed by atoms with E-state index in [0.29, 0.717) is 24.7 Å². The standard InChI is InChI=1S/C18H25N3O3/c1-4-24-16-11-21(15-8-6-5-7-9-15)20-17(16)18(23)19-14(12-22)10-13(2)3/h5-9,11,13-14,22H,4,10,12H2,1-3H3,(H,19,23). The number of aliphatic hydroxyl groups is 1. The van der Waals surface area contributed by atoms with Crippen LogP contribution >= 0.6 is 0 Å². The van der Waals surface area contributed by atoms with Crippen molar-refractivity contribution in [2.75, 3.05) is 13.2 Å². The molecular weight excluding hydrogens is 306 g/mol. The van der Waals surface area contributed by atoms with Crippen LogP contribution in [0.25, 0.3) is 5.69 Å². The Balaban J connectivity index is 2.24. The second kappa shape index (κ2) is 8.49. The van der Waals surface area contributed by atoms with Gasteiger partial charge in [0, 0.05) is 0 Å². The number of para-hydroxylation sites is 1. The Morgan fingerprint density at radius 2 is 2.04 bits per heavy atom. The smallest absolute Gasteiger partial charge is 0.275 e. The summed E-state index contributed by atoms with van der Waals surface area (Å²) in [6.07, 6.45) is 2.40. The van der Waals surface area contributed by atoms with Crippen molar-refractivity contribution in [3.8, 4) is 11.4 Å². The summed E-state index contributed by atoms with van der Waals surface area (Å²) >= 11 is 0. The molecule has 1 heterocycles. The molecule has 0 spiro atoms. The Hall–Kier alpha value is -2.34. The Labute approximate surface area is 142 Å². The van der Waals surface area contributed by atoms with Gasteiger partial charge < -0.3 is 15.2 Å². The molecule has 2 N–H and O–H groups in total. The molecule has 1 unspecified atom stereocenters. The summed E-state index contributed by atoms with van der Waals surface area (Å²) in [4.78, 5) is 12.6. The normalized spacial score (nSPS) is 12.2. The molecule has 0 radical (unpaired) electrons. The van der Waals surface area contributed by atoms with Gasteiger partial charge in [0.1, 0.15) is 0 Å². The third-order valence-electron chi connectivity index (χ3n) is 3.53. The fourth-order valence-corrected chi connectivity index (χ4v) is 2.49. The van der Waals surface area contributed by atoms with Crippen molar-refractivity contribution in [3.05, 3.63) is 42.2 Å². The summed E-state index contributed by atoms with van der Waals surface area (Å²) in [6, 6.07) is 9.23. The van der Waals surface area contributed by atoms with Crippen LogP contribution < -0.4 is 10.1 Å². The molecule has 0 saturated carbocycles. The number of aromatic nitrogens is 2. The highest BCUT2D eigenvalue weighted by Crippen LogP contribution is 2.20. The lowest BCUT2D eigenvalue weighted by Crippen LogP contribution is -2.38. The van der Waals surface area contributed by atoms with Gasteiger partial charge in [0.15, 0.2) is 11.4 Å². The average molecular weight is 331 g/mol. The first-order chi connectivity index (χ1) is 11.5. The number of rotatable bonds is 8. The summed E-state index contributed by atoms with van der Waals surface area (Å²) in [5, 5.41) is 16.7. The number of hydrogen-bond acceptors (Lipinski definition) is 4. The lowest BCUT2D eigenvalue weighted by molar-refractivity contribution is 0.0899. The number of carbonyl (C=O) groups is 1. The number of nitrogens with zero attached hydrogens (tertiary/aromatic N) is 2. The zero-order valence-electron chi connectivity index (χ0n) is 14.4. The third-order valence-corrected chi connectivity index (χ3v) is 3.53. The lowest BCUT2D eigenvalue weighted by Gasteiger charge is -2.17. The lowest BCUT2D eigenvalue weighted by atomic mass is 10.0. The fourth-order valence-electron chi connectivity index (χ4n) is 2.49. The molecule has 2 rings (SSSR count). The maximum absolute atomic E-state index is 12.6. The van der Waals surface area contributed by atoms with Gasteiger partial charge in [-0.05, 0) is 31.4 Å². The molecule has 0 aliphatic heterocycles. The van der Waals surface area contributed by atoms with Crippen molar-refractivity contribution in [1.82, 2.24) is 15.1 Å². The van der Waals surface area contributed by atoms with E-state index in [4.69, 9.17) is 4.74 Å². The van der Waals surface area contributed by atoms with Crippen LogP contribution in [0.15, 0.2) is 36.5 Å². The summed E-state index contributed by atoms with van der Waals surface area (Å²) in [5.74, 6) is 0.462. The molecule has 0 bridgehead atoms. The zero-order valence-corrected chi connectivity index (χ0v) is 14.4. The van der Waals surface area contributed by atoms with Gasteiger partial charge in [-0.2, -0.15) is 5.10 Å². The van der Waals surface area contributed by atoms with E-state index < -0.39 is 0 Å². The molecule has 0 saturated heterocycles. The van der Waals surface area contributed by atoms with Gasteiger partial charge in [-0.15, -0.1) is 0 Å². The topological polar surface area (TPSA) is 76.4 Å². The highest BCUT2D eigenvalue weighted by atomic mass is 16.5. The summed E-state index contributed by atoms with van der Waals surface area (Å²) in [7, 11) is 0. The van der Waals surface area contributed by atoms with Crippen molar-refractivity contribution in [2.24, 2.45) is 5.92 Å². The fraction of sp³-hybridized carbons (Fsp3) is 0.444. The minimum Gasteiger partial charge on any atom is -0.490 e. The number of amides is 1. The van der Waals surface area contributed by atoms with Crippen molar-refractivity contribution < 1.29 is 14.6 Å². The molecular formula is C18H25N3O3. The third kappa shape index (κ3) is 4.58. The highest BCUT2D eigenvalue weighted by molar-refractivity contribution is 5.95. The van der Waals surface area contributed by atoms with E-state index in [1.807, 2.05) is 51.1 Å². The molecule has 1 amide bonds. The van der Waals surface area contributed by atoms with Gasteiger partial charge in [0.2, 0.25) is 0 Å². The van der Waals surface area contributed by atoms with Gasteiger partial charge in [-0.3, -0.25) is 4.79 Å². The van der Waals surface area contributed by atoms with Crippen LogP contribution in [0.5, 0.6) is 5.75 Å². The van der Waals surface area contributed by atoms with Crippen molar-refractivity contribution >= 4 is 5.91 Å². The number of ether oxygens (including phenoxy) is 1. The summed E-state index contributed by atoms with van der Waals surface area (Å²) < 4.78 is 7.17. The van der Waals surface area contributed by atoms with Gasteiger partial charge in [-0.1, -0.05) is 32.0 Å². The van der Waals surface area contributed by atoms with Crippen LogP contribution in [0.2, 0.25) is 0 Å². The van der Waals surface area contributed by atoms with E-state index in [1.165, 1.54) is 0 Å². The Morgan fingerprint density at radius 1 is 1.33 bits per heavy atom. The van der Waals surface area contributed by atoms with E-state index in [2.05, 4.69) is 10.4 Å². The molecule has 6 heteroatoms. The second-order valence-corrected chi connectivity index (χ2v) is 6.04. The van der Waals surface area contributed by atoms with Crippen molar-refractivity contribution in [3.63, 3.8) is 0 Å². The molecule has 0 fully saturated rings. The summed E-state index contributed by atoms with van der Waals surface area (Å²) in [6.45, 7) is 6.29. The van der Waals surface area contributed by atoms with Crippen LogP contribution in [0.3, 0.4) is 0 Å². The predicted octanol–water partition coefficient (Wildman–Crippen LogP) is 2.41. The quantitative estimate of drug-likeness (QED) is 0.779. The van der Waals surface area contributed by atoms with Crippen LogP contribution in [-0.2, 0) is 0 Å². The molecule has 1 atom stereocenters. The van der Waals surface area contributed by atoms with E-state index in [0.717, 1.165) is 5.69 Å². The number of nitrogens with one attached hydrogen (secondary N) is 1. The minimum atomic E-state index is -0.340. The maximum atomic E-state index is 12.6. The van der Waals surface area contributed by atoms with Crippen LogP contribution in [0.1, 0.15) is 37.7 Å². The number of carbonyl (C=O) groups excluding carboxylic acids is 1. The van der Waals surface area contributed by atoms with Gasteiger partial charge in [0.25, 0.3) is 5.91 Å². The second-order valence-electron chi connectivity index (χ2n) is 6.04. The highest BCUT2D eigenvalue weighted by Gasteiger charge is 2.22. The first kappa shape index (κ1) is 18.0. The number of benzene rings is 1. The Bertz CT molecular complexity index is 653. The minimum absolute atomic E-state index is 0.104. The maximum Gasteiger partial charge on any atom is 0.275 e. The molecule has 6 nitrogen and oxygen atoms in total. The molecule has 130 valence electrons. The molecule has 2 aromatic rings. The number of aliphatic hydroxyl groups excluding tert-OH is 1. The first-order valence-corrected chi connectivity index (χ1v) is 8.24. The molecule has 1 aromatic heterocycles. The Morgan fingerprint density at radius 3 is 2.62 bits per heavy atom. The van der Waals surface area contributed by atoms with Crippen LogP contribution in [-0.4, -0.2) is 40.0 Å². The first-order valence-electron chi connectivity index (χ1n) is 8.24. The molecule has 1 aromatic carbocycles. The molecule has 0 aliphatic carbocycles. The van der Waals surface area contributed by atoms with E-state index in [9.17, 15) is 9.90 Å². The predicted molar refractivity (Wildman–Crippen MR) is 92.5 cm³/mol. The molecule has 0 aliphatic rings. The van der Waals surface area contributed by atoms with E-state index in [-0.39, 0.29) is 24.2 Å². The largest absolute Gasteiger partial charge is 0.490 e. The van der Waals surface area contributed by atoms with Crippen molar-refractivity contribution in [2.45, 2.75) is 33.2 Å². The van der Waals surface area contributed by atoms with E-state index >= 15 is 0 Å². The van der Waals surface area contributed by atoms with Gasteiger partial charge >= 0.3 is 0 Å². The SMILES string of the molecule is CCOc1cn(-c2ccccc2)nc1C(=O)NC(CO)CC(C)C. The Kier molecular flexibility index (Phi) is 6.37. The van der Waals surface area contributed by atoms with Crippen molar-refractivity contribution in [1.29, 1.82) is 0 Å². The van der Waals surface area contributed by atoms with Gasteiger partial charge in [0.05, 0.1) is 31.1 Å². The monoisotopic (exact) mass is 331 g/mol. The number of hydrogen-bond donors (Lipinski definition) is 2. The zero-order chi connectivity index (χ0) is 17.5.